The highest BCUT2D eigenvalue weighted by molar-refractivity contribution is 5.98. The van der Waals surface area contributed by atoms with Crippen LogP contribution in [0.5, 0.6) is 0 Å². The van der Waals surface area contributed by atoms with Crippen LogP contribution in [0.25, 0.3) is 5.65 Å². The van der Waals surface area contributed by atoms with Crippen LogP contribution in [-0.2, 0) is 0 Å². The number of aromatic nitrogens is 3. The Morgan fingerprint density at radius 2 is 2.20 bits per heavy atom. The van der Waals surface area contributed by atoms with E-state index in [0.717, 1.165) is 5.82 Å². The van der Waals surface area contributed by atoms with Crippen molar-refractivity contribution in [3.05, 3.63) is 29.7 Å². The summed E-state index contributed by atoms with van der Waals surface area (Å²) in [6.45, 7) is 4.04. The molecule has 1 amide bonds. The largest absolute Gasteiger partial charge is 0.365 e. The van der Waals surface area contributed by atoms with Crippen LogP contribution in [0, 0.1) is 0 Å². The van der Waals surface area contributed by atoms with Gasteiger partial charge >= 0.3 is 0 Å². The van der Waals surface area contributed by atoms with Gasteiger partial charge in [-0.3, -0.25) is 9.20 Å². The second kappa shape index (κ2) is 3.34. The van der Waals surface area contributed by atoms with E-state index in [0.29, 0.717) is 11.2 Å². The second-order valence-corrected chi connectivity index (χ2v) is 3.69. The van der Waals surface area contributed by atoms with E-state index in [1.165, 1.54) is 0 Å². The predicted molar refractivity (Wildman–Crippen MR) is 55.6 cm³/mol. The maximum absolute atomic E-state index is 11.1. The van der Waals surface area contributed by atoms with Gasteiger partial charge in [-0.15, -0.1) is 10.2 Å². The molecule has 0 aliphatic carbocycles. The number of hydrogen-bond acceptors (Lipinski definition) is 3. The monoisotopic (exact) mass is 204 g/mol. The standard InChI is InChI=1S/C10H12N4O/c1-6(2)9-12-13-10-7(8(11)15)4-3-5-14(9)10/h3-6H,1-2H3,(H2,11,15). The summed E-state index contributed by atoms with van der Waals surface area (Å²) in [5.41, 5.74) is 6.17. The van der Waals surface area contributed by atoms with Crippen molar-refractivity contribution in [2.45, 2.75) is 19.8 Å². The number of carbonyl (C=O) groups excluding carboxylic acids is 1. The zero-order valence-electron chi connectivity index (χ0n) is 8.64. The van der Waals surface area contributed by atoms with Gasteiger partial charge in [0.15, 0.2) is 5.65 Å². The van der Waals surface area contributed by atoms with E-state index >= 15 is 0 Å². The topological polar surface area (TPSA) is 73.3 Å². The minimum absolute atomic E-state index is 0.253. The number of nitrogens with zero attached hydrogens (tertiary/aromatic N) is 3. The molecular formula is C10H12N4O. The molecule has 0 aliphatic heterocycles. The summed E-state index contributed by atoms with van der Waals surface area (Å²) in [7, 11) is 0. The van der Waals surface area contributed by atoms with E-state index in [9.17, 15) is 4.79 Å². The average molecular weight is 204 g/mol. The SMILES string of the molecule is CC(C)c1nnc2c(C(N)=O)cccn12. The van der Waals surface area contributed by atoms with Gasteiger partial charge in [-0.2, -0.15) is 0 Å². The zero-order chi connectivity index (χ0) is 11.0. The highest BCUT2D eigenvalue weighted by Crippen LogP contribution is 2.15. The van der Waals surface area contributed by atoms with Gasteiger partial charge in [0.2, 0.25) is 0 Å². The Labute approximate surface area is 86.9 Å². The van der Waals surface area contributed by atoms with Gasteiger partial charge < -0.3 is 5.73 Å². The second-order valence-electron chi connectivity index (χ2n) is 3.69. The molecule has 2 heterocycles. The summed E-state index contributed by atoms with van der Waals surface area (Å²) >= 11 is 0. The lowest BCUT2D eigenvalue weighted by Gasteiger charge is -2.03. The normalized spacial score (nSPS) is 11.1. The lowest BCUT2D eigenvalue weighted by molar-refractivity contribution is 0.100. The Balaban J connectivity index is 2.74. The van der Waals surface area contributed by atoms with Crippen molar-refractivity contribution in [1.82, 2.24) is 14.6 Å². The van der Waals surface area contributed by atoms with Crippen molar-refractivity contribution in [2.75, 3.05) is 0 Å². The van der Waals surface area contributed by atoms with E-state index in [1.54, 1.807) is 16.5 Å². The van der Waals surface area contributed by atoms with Crippen LogP contribution in [0.4, 0.5) is 0 Å². The zero-order valence-corrected chi connectivity index (χ0v) is 8.64. The maximum atomic E-state index is 11.1. The van der Waals surface area contributed by atoms with E-state index in [1.807, 2.05) is 20.0 Å². The van der Waals surface area contributed by atoms with Gasteiger partial charge in [-0.05, 0) is 12.1 Å². The molecule has 0 saturated heterocycles. The van der Waals surface area contributed by atoms with Gasteiger partial charge in [-0.25, -0.2) is 0 Å². The smallest absolute Gasteiger partial charge is 0.252 e. The molecule has 2 aromatic rings. The van der Waals surface area contributed by atoms with Gasteiger partial charge in [0, 0.05) is 12.1 Å². The molecule has 0 atom stereocenters. The molecule has 15 heavy (non-hydrogen) atoms. The summed E-state index contributed by atoms with van der Waals surface area (Å²) in [6.07, 6.45) is 1.83. The predicted octanol–water partition coefficient (Wildman–Crippen LogP) is 0.952. The van der Waals surface area contributed by atoms with E-state index in [-0.39, 0.29) is 5.92 Å². The molecule has 5 heteroatoms. The third-order valence-corrected chi connectivity index (χ3v) is 2.24. The molecule has 0 aliphatic rings. The molecule has 0 aromatic carbocycles. The Morgan fingerprint density at radius 1 is 1.47 bits per heavy atom. The molecule has 0 bridgehead atoms. The van der Waals surface area contributed by atoms with Crippen LogP contribution in [0.2, 0.25) is 0 Å². The Kier molecular flexibility index (Phi) is 2.15. The Hall–Kier alpha value is -1.91. The minimum atomic E-state index is -0.483. The minimum Gasteiger partial charge on any atom is -0.365 e. The van der Waals surface area contributed by atoms with Crippen LogP contribution in [0.1, 0.15) is 35.9 Å². The highest BCUT2D eigenvalue weighted by Gasteiger charge is 2.13. The number of amides is 1. The first-order chi connectivity index (χ1) is 7.11. The van der Waals surface area contributed by atoms with Crippen molar-refractivity contribution < 1.29 is 4.79 Å². The summed E-state index contributed by atoms with van der Waals surface area (Å²) < 4.78 is 1.80. The molecule has 78 valence electrons. The number of primary amides is 1. The molecule has 0 saturated carbocycles. The number of pyridine rings is 1. The third-order valence-electron chi connectivity index (χ3n) is 2.24. The van der Waals surface area contributed by atoms with Gasteiger partial charge in [0.25, 0.3) is 5.91 Å². The fourth-order valence-corrected chi connectivity index (χ4v) is 1.52. The van der Waals surface area contributed by atoms with Crippen molar-refractivity contribution in [2.24, 2.45) is 5.73 Å². The molecule has 2 aromatic heterocycles. The van der Waals surface area contributed by atoms with Crippen molar-refractivity contribution >= 4 is 11.6 Å². The highest BCUT2D eigenvalue weighted by atomic mass is 16.1. The van der Waals surface area contributed by atoms with Crippen molar-refractivity contribution in [3.63, 3.8) is 0 Å². The quantitative estimate of drug-likeness (QED) is 0.791. The number of hydrogen-bond donors (Lipinski definition) is 1. The lowest BCUT2D eigenvalue weighted by atomic mass is 10.2. The summed E-state index contributed by atoms with van der Waals surface area (Å²) in [5.74, 6) is 0.597. The fourth-order valence-electron chi connectivity index (χ4n) is 1.52. The van der Waals surface area contributed by atoms with Gasteiger partial charge in [0.05, 0.1) is 5.56 Å². The lowest BCUT2D eigenvalue weighted by Crippen LogP contribution is -2.12. The van der Waals surface area contributed by atoms with Crippen LogP contribution in [-0.4, -0.2) is 20.5 Å². The number of fused-ring (bicyclic) bond motifs is 1. The average Bonchev–Trinajstić information content (AvgIpc) is 2.59. The Bertz CT molecular complexity index is 515. The Morgan fingerprint density at radius 3 is 2.80 bits per heavy atom. The van der Waals surface area contributed by atoms with Gasteiger partial charge in [-0.1, -0.05) is 13.8 Å². The molecule has 0 spiro atoms. The summed E-state index contributed by atoms with van der Waals surface area (Å²) in [5, 5.41) is 8.02. The molecular weight excluding hydrogens is 192 g/mol. The summed E-state index contributed by atoms with van der Waals surface area (Å²) in [4.78, 5) is 11.1. The van der Waals surface area contributed by atoms with E-state index < -0.39 is 5.91 Å². The van der Waals surface area contributed by atoms with Gasteiger partial charge in [0.1, 0.15) is 5.82 Å². The maximum Gasteiger partial charge on any atom is 0.252 e. The van der Waals surface area contributed by atoms with E-state index in [4.69, 9.17) is 5.73 Å². The summed E-state index contributed by atoms with van der Waals surface area (Å²) in [6, 6.07) is 3.42. The van der Waals surface area contributed by atoms with Crippen LogP contribution in [0.3, 0.4) is 0 Å². The first-order valence-corrected chi connectivity index (χ1v) is 4.74. The number of carbonyl (C=O) groups is 1. The molecule has 5 nitrogen and oxygen atoms in total. The molecule has 0 unspecified atom stereocenters. The number of nitrogens with two attached hydrogens (primary N) is 1. The molecule has 2 rings (SSSR count). The van der Waals surface area contributed by atoms with E-state index in [2.05, 4.69) is 10.2 Å². The number of rotatable bonds is 2. The van der Waals surface area contributed by atoms with Crippen LogP contribution >= 0.6 is 0 Å². The molecule has 0 fully saturated rings. The van der Waals surface area contributed by atoms with Crippen LogP contribution in [0.15, 0.2) is 18.3 Å². The van der Waals surface area contributed by atoms with Crippen molar-refractivity contribution in [3.8, 4) is 0 Å². The molecule has 0 radical (unpaired) electrons. The third kappa shape index (κ3) is 1.45. The van der Waals surface area contributed by atoms with Crippen LogP contribution < -0.4 is 5.73 Å². The first kappa shape index (κ1) is 9.64. The molecule has 2 N–H and O–H groups in total. The first-order valence-electron chi connectivity index (χ1n) is 4.74. The fraction of sp³-hybridized carbons (Fsp3) is 0.300. The van der Waals surface area contributed by atoms with Crippen molar-refractivity contribution in [1.29, 1.82) is 0 Å².